The highest BCUT2D eigenvalue weighted by atomic mass is 16.5. The predicted octanol–water partition coefficient (Wildman–Crippen LogP) is 2.05. The number of aryl methyl sites for hydroxylation is 1. The fourth-order valence-corrected chi connectivity index (χ4v) is 3.15. The Kier molecular flexibility index (Phi) is 5.16. The molecule has 9 nitrogen and oxygen atoms in total. The molecule has 0 saturated carbocycles. The van der Waals surface area contributed by atoms with E-state index in [-0.39, 0.29) is 5.91 Å². The van der Waals surface area contributed by atoms with Crippen molar-refractivity contribution in [3.63, 3.8) is 0 Å². The van der Waals surface area contributed by atoms with E-state index in [0.717, 1.165) is 24.1 Å². The molecule has 0 radical (unpaired) electrons. The Morgan fingerprint density at radius 3 is 2.89 bits per heavy atom. The van der Waals surface area contributed by atoms with Gasteiger partial charge in [0.15, 0.2) is 11.6 Å². The van der Waals surface area contributed by atoms with Crippen molar-refractivity contribution in [3.8, 4) is 17.3 Å². The second kappa shape index (κ2) is 7.89. The summed E-state index contributed by atoms with van der Waals surface area (Å²) in [7, 11) is 0. The Labute approximate surface area is 162 Å². The average molecular weight is 382 g/mol. The second-order valence-corrected chi connectivity index (χ2v) is 6.63. The standard InChI is InChI=1S/C19H22N6O3/c1-3-4-16-22-18(28-23-16)14-5-6-20-17(11-14)25-13(2)15(12-21-25)19(26)24-7-9-27-10-8-24/h5-6,11-12H,3-4,7-10H2,1-2H3. The van der Waals surface area contributed by atoms with Gasteiger partial charge in [0.1, 0.15) is 0 Å². The first-order valence-electron chi connectivity index (χ1n) is 9.38. The largest absolute Gasteiger partial charge is 0.378 e. The number of hydrogen-bond acceptors (Lipinski definition) is 7. The zero-order chi connectivity index (χ0) is 19.5. The Morgan fingerprint density at radius 2 is 2.11 bits per heavy atom. The second-order valence-electron chi connectivity index (χ2n) is 6.63. The molecule has 146 valence electrons. The van der Waals surface area contributed by atoms with E-state index in [0.29, 0.717) is 49.4 Å². The van der Waals surface area contributed by atoms with Crippen LogP contribution in [0.25, 0.3) is 17.3 Å². The molecule has 3 aromatic heterocycles. The van der Waals surface area contributed by atoms with Crippen molar-refractivity contribution in [2.24, 2.45) is 0 Å². The maximum Gasteiger partial charge on any atom is 0.258 e. The number of rotatable bonds is 5. The van der Waals surface area contributed by atoms with E-state index in [1.807, 2.05) is 19.1 Å². The molecule has 0 unspecified atom stereocenters. The number of morpholine rings is 1. The molecule has 0 bridgehead atoms. The Balaban J connectivity index is 1.61. The van der Waals surface area contributed by atoms with Crippen LogP contribution >= 0.6 is 0 Å². The number of carbonyl (C=O) groups is 1. The van der Waals surface area contributed by atoms with E-state index in [1.54, 1.807) is 22.0 Å². The maximum atomic E-state index is 12.8. The van der Waals surface area contributed by atoms with Crippen molar-refractivity contribution < 1.29 is 14.1 Å². The average Bonchev–Trinajstić information content (AvgIpc) is 3.35. The molecule has 0 spiro atoms. The lowest BCUT2D eigenvalue weighted by atomic mass is 10.2. The number of pyridine rings is 1. The van der Waals surface area contributed by atoms with E-state index >= 15 is 0 Å². The summed E-state index contributed by atoms with van der Waals surface area (Å²) >= 11 is 0. The molecule has 0 N–H and O–H groups in total. The highest BCUT2D eigenvalue weighted by Crippen LogP contribution is 2.21. The van der Waals surface area contributed by atoms with Crippen molar-refractivity contribution in [3.05, 3.63) is 41.6 Å². The molecule has 1 aliphatic heterocycles. The van der Waals surface area contributed by atoms with Gasteiger partial charge in [0.05, 0.1) is 30.7 Å². The topological polar surface area (TPSA) is 99.2 Å². The van der Waals surface area contributed by atoms with Gasteiger partial charge in [-0.15, -0.1) is 0 Å². The Morgan fingerprint density at radius 1 is 1.29 bits per heavy atom. The summed E-state index contributed by atoms with van der Waals surface area (Å²) in [5.41, 5.74) is 2.06. The first-order chi connectivity index (χ1) is 13.7. The molecule has 0 atom stereocenters. The van der Waals surface area contributed by atoms with Crippen molar-refractivity contribution in [2.75, 3.05) is 26.3 Å². The fraction of sp³-hybridized carbons (Fsp3) is 0.421. The summed E-state index contributed by atoms with van der Waals surface area (Å²) in [5.74, 6) is 1.68. The molecule has 3 aromatic rings. The number of ether oxygens (including phenoxy) is 1. The minimum Gasteiger partial charge on any atom is -0.378 e. The third kappa shape index (κ3) is 3.53. The van der Waals surface area contributed by atoms with Crippen LogP contribution in [-0.2, 0) is 11.2 Å². The van der Waals surface area contributed by atoms with Gasteiger partial charge in [0.25, 0.3) is 11.8 Å². The monoisotopic (exact) mass is 382 g/mol. The van der Waals surface area contributed by atoms with Gasteiger partial charge < -0.3 is 14.2 Å². The smallest absolute Gasteiger partial charge is 0.258 e. The van der Waals surface area contributed by atoms with E-state index in [4.69, 9.17) is 9.26 Å². The molecular formula is C19H22N6O3. The maximum absolute atomic E-state index is 12.8. The van der Waals surface area contributed by atoms with Gasteiger partial charge in [0, 0.05) is 31.3 Å². The van der Waals surface area contributed by atoms with Crippen molar-refractivity contribution >= 4 is 5.91 Å². The molecule has 1 aliphatic rings. The summed E-state index contributed by atoms with van der Waals surface area (Å²) in [6, 6.07) is 3.64. The lowest BCUT2D eigenvalue weighted by Gasteiger charge is -2.26. The van der Waals surface area contributed by atoms with Crippen LogP contribution in [0.1, 0.15) is 35.2 Å². The SMILES string of the molecule is CCCc1noc(-c2ccnc(-n3ncc(C(=O)N4CCOCC4)c3C)c2)n1. The van der Waals surface area contributed by atoms with Gasteiger partial charge in [-0.1, -0.05) is 12.1 Å². The van der Waals surface area contributed by atoms with Crippen LogP contribution in [0.2, 0.25) is 0 Å². The van der Waals surface area contributed by atoms with Crippen LogP contribution < -0.4 is 0 Å². The first-order valence-corrected chi connectivity index (χ1v) is 9.38. The molecule has 0 aliphatic carbocycles. The zero-order valence-electron chi connectivity index (χ0n) is 16.0. The Hall–Kier alpha value is -3.07. The van der Waals surface area contributed by atoms with E-state index in [2.05, 4.69) is 27.1 Å². The van der Waals surface area contributed by atoms with Crippen molar-refractivity contribution in [1.82, 2.24) is 29.8 Å². The van der Waals surface area contributed by atoms with Crippen LogP contribution in [-0.4, -0.2) is 62.0 Å². The van der Waals surface area contributed by atoms with Crippen LogP contribution in [0.5, 0.6) is 0 Å². The molecule has 28 heavy (non-hydrogen) atoms. The van der Waals surface area contributed by atoms with Gasteiger partial charge in [-0.05, 0) is 25.5 Å². The van der Waals surface area contributed by atoms with E-state index in [9.17, 15) is 4.79 Å². The Bertz CT molecular complexity index is 974. The first kappa shape index (κ1) is 18.3. The lowest BCUT2D eigenvalue weighted by Crippen LogP contribution is -2.40. The quantitative estimate of drug-likeness (QED) is 0.666. The number of amides is 1. The van der Waals surface area contributed by atoms with E-state index < -0.39 is 0 Å². The molecule has 9 heteroatoms. The van der Waals surface area contributed by atoms with Crippen LogP contribution in [0.3, 0.4) is 0 Å². The number of carbonyl (C=O) groups excluding carboxylic acids is 1. The van der Waals surface area contributed by atoms with Crippen LogP contribution in [0.15, 0.2) is 29.0 Å². The van der Waals surface area contributed by atoms with Crippen LogP contribution in [0, 0.1) is 6.92 Å². The summed E-state index contributed by atoms with van der Waals surface area (Å²) in [5, 5.41) is 8.37. The normalized spacial score (nSPS) is 14.4. The molecule has 4 rings (SSSR count). The molecule has 1 amide bonds. The summed E-state index contributed by atoms with van der Waals surface area (Å²) < 4.78 is 12.3. The van der Waals surface area contributed by atoms with Gasteiger partial charge >= 0.3 is 0 Å². The third-order valence-electron chi connectivity index (χ3n) is 4.69. The minimum atomic E-state index is -0.0377. The molecule has 1 fully saturated rings. The zero-order valence-corrected chi connectivity index (χ0v) is 16.0. The van der Waals surface area contributed by atoms with Gasteiger partial charge in [-0.3, -0.25) is 4.79 Å². The molecule has 0 aromatic carbocycles. The summed E-state index contributed by atoms with van der Waals surface area (Å²) in [6.45, 7) is 6.24. The van der Waals surface area contributed by atoms with Crippen molar-refractivity contribution in [2.45, 2.75) is 26.7 Å². The van der Waals surface area contributed by atoms with Gasteiger partial charge in [-0.25, -0.2) is 9.67 Å². The third-order valence-corrected chi connectivity index (χ3v) is 4.69. The number of nitrogens with zero attached hydrogens (tertiary/aromatic N) is 6. The lowest BCUT2D eigenvalue weighted by molar-refractivity contribution is 0.0302. The van der Waals surface area contributed by atoms with Gasteiger partial charge in [0.2, 0.25) is 0 Å². The van der Waals surface area contributed by atoms with Crippen LogP contribution in [0.4, 0.5) is 0 Å². The minimum absolute atomic E-state index is 0.0377. The fourth-order valence-electron chi connectivity index (χ4n) is 3.15. The summed E-state index contributed by atoms with van der Waals surface area (Å²) in [6.07, 6.45) is 4.98. The molecule has 4 heterocycles. The predicted molar refractivity (Wildman–Crippen MR) is 100 cm³/mol. The van der Waals surface area contributed by atoms with Gasteiger partial charge in [-0.2, -0.15) is 10.1 Å². The number of aromatic nitrogens is 5. The van der Waals surface area contributed by atoms with E-state index in [1.165, 1.54) is 0 Å². The summed E-state index contributed by atoms with van der Waals surface area (Å²) in [4.78, 5) is 23.4. The van der Waals surface area contributed by atoms with Crippen molar-refractivity contribution in [1.29, 1.82) is 0 Å². The highest BCUT2D eigenvalue weighted by molar-refractivity contribution is 5.95. The highest BCUT2D eigenvalue weighted by Gasteiger charge is 2.23. The number of hydrogen-bond donors (Lipinski definition) is 0. The molecular weight excluding hydrogens is 360 g/mol. The molecule has 1 saturated heterocycles.